The molecule has 166 valence electrons. The van der Waals surface area contributed by atoms with E-state index in [1.54, 1.807) is 0 Å². The highest BCUT2D eigenvalue weighted by atomic mass is 16.5. The molecule has 1 unspecified atom stereocenters. The van der Waals surface area contributed by atoms with Gasteiger partial charge in [-0.25, -0.2) is 4.98 Å². The number of hydrogen-bond acceptors (Lipinski definition) is 7. The quantitative estimate of drug-likeness (QED) is 0.407. The first-order chi connectivity index (χ1) is 16.0. The molecular weight excluding hydrogens is 420 g/mol. The summed E-state index contributed by atoms with van der Waals surface area (Å²) in [5.41, 5.74) is 3.72. The molecule has 1 aliphatic rings. The molecule has 0 aromatic carbocycles. The molecule has 0 saturated carbocycles. The number of aryl methyl sites for hydroxylation is 3. The van der Waals surface area contributed by atoms with E-state index in [1.807, 2.05) is 66.6 Å². The van der Waals surface area contributed by atoms with Gasteiger partial charge in [0.1, 0.15) is 11.5 Å². The van der Waals surface area contributed by atoms with Crippen molar-refractivity contribution < 1.29 is 13.7 Å². The second-order valence-electron chi connectivity index (χ2n) is 8.47. The van der Waals surface area contributed by atoms with Gasteiger partial charge in [-0.1, -0.05) is 11.2 Å². The lowest BCUT2D eigenvalue weighted by atomic mass is 10.0. The Morgan fingerprint density at radius 2 is 2.03 bits per heavy atom. The summed E-state index contributed by atoms with van der Waals surface area (Å²) < 4.78 is 13.1. The fourth-order valence-electron chi connectivity index (χ4n) is 4.81. The van der Waals surface area contributed by atoms with Gasteiger partial charge in [0.05, 0.1) is 28.4 Å². The van der Waals surface area contributed by atoms with E-state index in [2.05, 4.69) is 20.3 Å². The zero-order valence-electron chi connectivity index (χ0n) is 18.6. The second kappa shape index (κ2) is 7.26. The Kier molecular flexibility index (Phi) is 4.33. The van der Waals surface area contributed by atoms with Crippen LogP contribution in [0.15, 0.2) is 45.5 Å². The Labute approximate surface area is 189 Å². The third-order valence-electron chi connectivity index (χ3n) is 6.32. The number of likely N-dealkylation sites (tertiary alicyclic amines) is 1. The summed E-state index contributed by atoms with van der Waals surface area (Å²) in [5, 5.41) is 13.4. The highest BCUT2D eigenvalue weighted by Crippen LogP contribution is 2.36. The predicted molar refractivity (Wildman–Crippen MR) is 120 cm³/mol. The zero-order chi connectivity index (χ0) is 22.7. The molecular formula is C24H22N6O3. The third kappa shape index (κ3) is 3.03. The number of rotatable bonds is 3. The van der Waals surface area contributed by atoms with E-state index in [4.69, 9.17) is 8.94 Å². The predicted octanol–water partition coefficient (Wildman–Crippen LogP) is 4.43. The van der Waals surface area contributed by atoms with E-state index >= 15 is 0 Å². The minimum Gasteiger partial charge on any atom is -0.466 e. The summed E-state index contributed by atoms with van der Waals surface area (Å²) in [4.78, 5) is 20.5. The molecule has 9 heteroatoms. The van der Waals surface area contributed by atoms with E-state index in [-0.39, 0.29) is 11.9 Å². The molecule has 5 aromatic heterocycles. The van der Waals surface area contributed by atoms with E-state index in [0.29, 0.717) is 34.6 Å². The number of amides is 1. The minimum absolute atomic E-state index is 0.0944. The third-order valence-corrected chi connectivity index (χ3v) is 6.32. The standard InChI is InChI=1S/C24H22N6O3/c1-13-11-16(15(3)32-13)18-12-17(21-14(2)28-33-23(21)25-18)24(31)29-10-6-7-19(29)22-27-26-20-8-4-5-9-30(20)22/h4-5,8-9,11-12,19H,6-7,10H2,1-3H3. The van der Waals surface area contributed by atoms with Crippen LogP contribution in [0.2, 0.25) is 0 Å². The average molecular weight is 442 g/mol. The van der Waals surface area contributed by atoms with Crippen molar-refractivity contribution in [1.29, 1.82) is 0 Å². The van der Waals surface area contributed by atoms with Crippen LogP contribution in [0.4, 0.5) is 0 Å². The number of furan rings is 1. The van der Waals surface area contributed by atoms with Gasteiger partial charge in [-0.3, -0.25) is 9.20 Å². The first-order valence-electron chi connectivity index (χ1n) is 11.0. The van der Waals surface area contributed by atoms with Crippen molar-refractivity contribution in [3.63, 3.8) is 0 Å². The summed E-state index contributed by atoms with van der Waals surface area (Å²) in [6, 6.07) is 9.35. The molecule has 1 fully saturated rings. The number of carbonyl (C=O) groups is 1. The molecule has 0 N–H and O–H groups in total. The monoisotopic (exact) mass is 442 g/mol. The maximum Gasteiger partial charge on any atom is 0.259 e. The Morgan fingerprint density at radius 3 is 2.85 bits per heavy atom. The fraction of sp³-hybridized carbons (Fsp3) is 0.292. The maximum absolute atomic E-state index is 14.0. The summed E-state index contributed by atoms with van der Waals surface area (Å²) in [5.74, 6) is 2.19. The van der Waals surface area contributed by atoms with Crippen LogP contribution in [-0.2, 0) is 0 Å². The zero-order valence-corrected chi connectivity index (χ0v) is 18.6. The van der Waals surface area contributed by atoms with E-state index in [0.717, 1.165) is 41.4 Å². The molecule has 0 spiro atoms. The van der Waals surface area contributed by atoms with Crippen molar-refractivity contribution in [1.82, 2.24) is 29.6 Å². The molecule has 6 heterocycles. The Balaban J connectivity index is 1.47. The summed E-state index contributed by atoms with van der Waals surface area (Å²) in [7, 11) is 0. The second-order valence-corrected chi connectivity index (χ2v) is 8.47. The van der Waals surface area contributed by atoms with Gasteiger partial charge >= 0.3 is 0 Å². The van der Waals surface area contributed by atoms with Crippen LogP contribution in [0.3, 0.4) is 0 Å². The van der Waals surface area contributed by atoms with Crippen LogP contribution in [0.25, 0.3) is 28.0 Å². The number of pyridine rings is 2. The van der Waals surface area contributed by atoms with Gasteiger partial charge in [0, 0.05) is 18.3 Å². The van der Waals surface area contributed by atoms with Crippen molar-refractivity contribution in [2.24, 2.45) is 0 Å². The van der Waals surface area contributed by atoms with Gasteiger partial charge in [-0.2, -0.15) is 0 Å². The van der Waals surface area contributed by atoms with Gasteiger partial charge in [-0.05, 0) is 57.9 Å². The van der Waals surface area contributed by atoms with Gasteiger partial charge in [0.15, 0.2) is 11.5 Å². The number of hydrogen-bond donors (Lipinski definition) is 0. The number of nitrogens with zero attached hydrogens (tertiary/aromatic N) is 6. The summed E-state index contributed by atoms with van der Waals surface area (Å²) >= 11 is 0. The van der Waals surface area contributed by atoms with Gasteiger partial charge in [-0.15, -0.1) is 10.2 Å². The molecule has 0 radical (unpaired) electrons. The molecule has 33 heavy (non-hydrogen) atoms. The molecule has 6 rings (SSSR count). The lowest BCUT2D eigenvalue weighted by Crippen LogP contribution is -2.31. The lowest BCUT2D eigenvalue weighted by molar-refractivity contribution is 0.0731. The SMILES string of the molecule is Cc1cc(-c2cc(C(=O)N3CCCC3c3nnc4ccccn34)c3c(C)noc3n2)c(C)o1. The first-order valence-corrected chi connectivity index (χ1v) is 11.0. The van der Waals surface area contributed by atoms with Gasteiger partial charge < -0.3 is 13.8 Å². The van der Waals surface area contributed by atoms with E-state index < -0.39 is 0 Å². The van der Waals surface area contributed by atoms with Gasteiger partial charge in [0.25, 0.3) is 11.6 Å². The Morgan fingerprint density at radius 1 is 1.15 bits per heavy atom. The van der Waals surface area contributed by atoms with Crippen molar-refractivity contribution >= 4 is 22.7 Å². The molecule has 5 aromatic rings. The largest absolute Gasteiger partial charge is 0.466 e. The van der Waals surface area contributed by atoms with Crippen molar-refractivity contribution in [3.05, 3.63) is 65.1 Å². The maximum atomic E-state index is 14.0. The Hall–Kier alpha value is -4.01. The number of carbonyl (C=O) groups excluding carboxylic acids is 1. The highest BCUT2D eigenvalue weighted by molar-refractivity contribution is 6.07. The van der Waals surface area contributed by atoms with Gasteiger partial charge in [0.2, 0.25) is 0 Å². The van der Waals surface area contributed by atoms with Crippen LogP contribution in [0.1, 0.15) is 52.3 Å². The topological polar surface area (TPSA) is 103 Å². The minimum atomic E-state index is -0.167. The van der Waals surface area contributed by atoms with Crippen LogP contribution in [-0.4, -0.2) is 42.1 Å². The molecule has 1 atom stereocenters. The molecule has 0 bridgehead atoms. The smallest absolute Gasteiger partial charge is 0.259 e. The lowest BCUT2D eigenvalue weighted by Gasteiger charge is -2.24. The molecule has 1 saturated heterocycles. The summed E-state index contributed by atoms with van der Waals surface area (Å²) in [6.45, 7) is 6.23. The first kappa shape index (κ1) is 19.7. The van der Waals surface area contributed by atoms with Crippen molar-refractivity contribution in [2.75, 3.05) is 6.54 Å². The van der Waals surface area contributed by atoms with Crippen LogP contribution >= 0.6 is 0 Å². The summed E-state index contributed by atoms with van der Waals surface area (Å²) in [6.07, 6.45) is 3.65. The molecule has 9 nitrogen and oxygen atoms in total. The van der Waals surface area contributed by atoms with Crippen LogP contribution in [0.5, 0.6) is 0 Å². The molecule has 1 aliphatic heterocycles. The molecule has 0 aliphatic carbocycles. The van der Waals surface area contributed by atoms with Crippen LogP contribution in [0, 0.1) is 20.8 Å². The van der Waals surface area contributed by atoms with Crippen LogP contribution < -0.4 is 0 Å². The van der Waals surface area contributed by atoms with Crippen molar-refractivity contribution in [3.8, 4) is 11.3 Å². The normalized spacial score (nSPS) is 16.3. The van der Waals surface area contributed by atoms with E-state index in [1.165, 1.54) is 0 Å². The number of aromatic nitrogens is 5. The Bertz CT molecular complexity index is 1530. The number of fused-ring (bicyclic) bond motifs is 2. The highest BCUT2D eigenvalue weighted by Gasteiger charge is 2.35. The molecule has 1 amide bonds. The van der Waals surface area contributed by atoms with E-state index in [9.17, 15) is 4.79 Å². The van der Waals surface area contributed by atoms with Crippen molar-refractivity contribution in [2.45, 2.75) is 39.7 Å². The average Bonchev–Trinajstić information content (AvgIpc) is 3.59. The fourth-order valence-corrected chi connectivity index (χ4v) is 4.81.